The van der Waals surface area contributed by atoms with Gasteiger partial charge in [0.25, 0.3) is 0 Å². The molecule has 0 radical (unpaired) electrons. The number of hydrogen-bond acceptors (Lipinski definition) is 4. The molecule has 150 valence electrons. The largest absolute Gasteiger partial charge is 0.493 e. The summed E-state index contributed by atoms with van der Waals surface area (Å²) < 4.78 is 10.8. The molecule has 5 heteroatoms. The van der Waals surface area contributed by atoms with Gasteiger partial charge in [-0.25, -0.2) is 0 Å². The third-order valence-electron chi connectivity index (χ3n) is 5.75. The molecule has 2 aliphatic rings. The number of anilines is 1. The maximum absolute atomic E-state index is 13.3. The first-order chi connectivity index (χ1) is 14.0. The molecule has 5 nitrogen and oxygen atoms in total. The number of carbonyl (C=O) groups is 2. The van der Waals surface area contributed by atoms with E-state index in [1.807, 2.05) is 49.4 Å². The van der Waals surface area contributed by atoms with Crippen LogP contribution in [0.2, 0.25) is 0 Å². The first-order valence-corrected chi connectivity index (χ1v) is 9.91. The average Bonchev–Trinajstić information content (AvgIpc) is 2.72. The van der Waals surface area contributed by atoms with E-state index in [0.29, 0.717) is 17.9 Å². The summed E-state index contributed by atoms with van der Waals surface area (Å²) in [5.41, 5.74) is 4.44. The summed E-state index contributed by atoms with van der Waals surface area (Å²) in [5.74, 6) is 1.12. The zero-order valence-electron chi connectivity index (χ0n) is 17.0. The molecule has 1 atom stereocenters. The fraction of sp³-hybridized carbons (Fsp3) is 0.333. The van der Waals surface area contributed by atoms with Crippen molar-refractivity contribution < 1.29 is 19.1 Å². The van der Waals surface area contributed by atoms with Crippen molar-refractivity contribution in [3.63, 3.8) is 0 Å². The van der Waals surface area contributed by atoms with Gasteiger partial charge < -0.3 is 9.47 Å². The number of benzene rings is 2. The Labute approximate surface area is 170 Å². The van der Waals surface area contributed by atoms with Crippen LogP contribution in [0.3, 0.4) is 0 Å². The number of allylic oxidation sites excluding steroid dienone is 2. The zero-order chi connectivity index (χ0) is 20.5. The molecule has 1 aliphatic heterocycles. The summed E-state index contributed by atoms with van der Waals surface area (Å²) in [6.45, 7) is 2.01. The number of hydrogen-bond donors (Lipinski definition) is 0. The van der Waals surface area contributed by atoms with Crippen molar-refractivity contribution >= 4 is 17.4 Å². The first kappa shape index (κ1) is 19.2. The van der Waals surface area contributed by atoms with Gasteiger partial charge in [0.1, 0.15) is 0 Å². The van der Waals surface area contributed by atoms with Crippen LogP contribution in [0, 0.1) is 6.92 Å². The summed E-state index contributed by atoms with van der Waals surface area (Å²) in [7, 11) is 3.18. The Balaban J connectivity index is 1.84. The van der Waals surface area contributed by atoms with Crippen LogP contribution in [0.5, 0.6) is 11.5 Å². The van der Waals surface area contributed by atoms with Crippen molar-refractivity contribution in [2.45, 2.75) is 38.5 Å². The van der Waals surface area contributed by atoms with Crippen LogP contribution in [-0.4, -0.2) is 25.9 Å². The Morgan fingerprint density at radius 2 is 1.76 bits per heavy atom. The molecular weight excluding hydrogens is 366 g/mol. The van der Waals surface area contributed by atoms with Gasteiger partial charge in [-0.05, 0) is 55.2 Å². The molecular formula is C24H25NO4. The Kier molecular flexibility index (Phi) is 5.14. The van der Waals surface area contributed by atoms with Crippen LogP contribution in [0.1, 0.15) is 42.7 Å². The molecule has 0 aromatic heterocycles. The molecule has 2 aromatic rings. The van der Waals surface area contributed by atoms with Gasteiger partial charge in [0.05, 0.1) is 14.2 Å². The lowest BCUT2D eigenvalue weighted by atomic mass is 9.77. The van der Waals surface area contributed by atoms with Crippen LogP contribution in [-0.2, 0) is 9.59 Å². The van der Waals surface area contributed by atoms with Crippen molar-refractivity contribution in [3.05, 3.63) is 64.9 Å². The van der Waals surface area contributed by atoms with Gasteiger partial charge >= 0.3 is 0 Å². The lowest BCUT2D eigenvalue weighted by Gasteiger charge is -2.38. The van der Waals surface area contributed by atoms with Crippen molar-refractivity contribution in [2.24, 2.45) is 0 Å². The minimum absolute atomic E-state index is 0.0174. The van der Waals surface area contributed by atoms with Crippen molar-refractivity contribution in [3.8, 4) is 11.5 Å². The maximum Gasteiger partial charge on any atom is 0.232 e. The smallest absolute Gasteiger partial charge is 0.232 e. The minimum Gasteiger partial charge on any atom is -0.493 e. The van der Waals surface area contributed by atoms with E-state index in [-0.39, 0.29) is 24.0 Å². The first-order valence-electron chi connectivity index (χ1n) is 9.91. The van der Waals surface area contributed by atoms with E-state index >= 15 is 0 Å². The number of ketones is 1. The molecule has 2 aromatic carbocycles. The number of aryl methyl sites for hydroxylation is 1. The van der Waals surface area contributed by atoms with E-state index in [4.69, 9.17) is 9.47 Å². The second kappa shape index (κ2) is 7.74. The van der Waals surface area contributed by atoms with E-state index < -0.39 is 0 Å². The van der Waals surface area contributed by atoms with Crippen LogP contribution < -0.4 is 14.4 Å². The topological polar surface area (TPSA) is 55.8 Å². The van der Waals surface area contributed by atoms with Crippen LogP contribution in [0.25, 0.3) is 0 Å². The standard InChI is InChI=1S/C24H25NO4/c1-15-6-4-7-17(12-15)25-19-8-5-9-20(26)24(19)18(14-23(25)27)16-10-11-21(28-2)22(13-16)29-3/h4,6-7,10-13,18H,5,8-9,14H2,1-3H3. The minimum atomic E-state index is -0.258. The van der Waals surface area contributed by atoms with Gasteiger partial charge in [-0.1, -0.05) is 18.2 Å². The molecule has 1 heterocycles. The average molecular weight is 391 g/mol. The lowest BCUT2D eigenvalue weighted by molar-refractivity contribution is -0.119. The molecule has 1 unspecified atom stereocenters. The molecule has 0 fully saturated rings. The molecule has 0 bridgehead atoms. The number of amides is 1. The van der Waals surface area contributed by atoms with Crippen molar-refractivity contribution in [1.29, 1.82) is 0 Å². The van der Waals surface area contributed by atoms with E-state index in [0.717, 1.165) is 40.9 Å². The Bertz CT molecular complexity index is 1010. The van der Waals surface area contributed by atoms with Crippen LogP contribution in [0.15, 0.2) is 53.7 Å². The predicted molar refractivity (Wildman–Crippen MR) is 111 cm³/mol. The van der Waals surface area contributed by atoms with Crippen molar-refractivity contribution in [1.82, 2.24) is 0 Å². The lowest BCUT2D eigenvalue weighted by Crippen LogP contribution is -2.40. The SMILES string of the molecule is COc1ccc(C2CC(=O)N(c3cccc(C)c3)C3=C2C(=O)CCC3)cc1OC. The summed E-state index contributed by atoms with van der Waals surface area (Å²) in [6, 6.07) is 13.5. The number of carbonyl (C=O) groups excluding carboxylic acids is 2. The second-order valence-electron chi connectivity index (χ2n) is 7.58. The predicted octanol–water partition coefficient (Wildman–Crippen LogP) is 4.54. The Hall–Kier alpha value is -3.08. The van der Waals surface area contributed by atoms with Gasteiger partial charge in [0, 0.05) is 35.7 Å². The Morgan fingerprint density at radius 1 is 0.966 bits per heavy atom. The molecule has 29 heavy (non-hydrogen) atoms. The van der Waals surface area contributed by atoms with Gasteiger partial charge in [-0.3, -0.25) is 14.5 Å². The number of ether oxygens (including phenoxy) is 2. The number of nitrogens with zero attached hydrogens (tertiary/aromatic N) is 1. The molecule has 0 spiro atoms. The summed E-state index contributed by atoms with van der Waals surface area (Å²) in [6.07, 6.45) is 2.28. The number of methoxy groups -OCH3 is 2. The monoisotopic (exact) mass is 391 g/mol. The van der Waals surface area contributed by atoms with Gasteiger partial charge in [0.15, 0.2) is 17.3 Å². The van der Waals surface area contributed by atoms with Gasteiger partial charge in [-0.2, -0.15) is 0 Å². The highest BCUT2D eigenvalue weighted by Crippen LogP contribution is 2.44. The molecule has 0 saturated carbocycles. The molecule has 0 saturated heterocycles. The van der Waals surface area contributed by atoms with E-state index in [1.165, 1.54) is 0 Å². The third-order valence-corrected chi connectivity index (χ3v) is 5.75. The molecule has 1 aliphatic carbocycles. The summed E-state index contributed by atoms with van der Waals surface area (Å²) >= 11 is 0. The highest BCUT2D eigenvalue weighted by molar-refractivity contribution is 6.07. The summed E-state index contributed by atoms with van der Waals surface area (Å²) in [4.78, 5) is 28.0. The third kappa shape index (κ3) is 3.41. The highest BCUT2D eigenvalue weighted by atomic mass is 16.5. The molecule has 1 amide bonds. The zero-order valence-corrected chi connectivity index (χ0v) is 17.0. The van der Waals surface area contributed by atoms with E-state index in [9.17, 15) is 9.59 Å². The summed E-state index contributed by atoms with van der Waals surface area (Å²) in [5, 5.41) is 0. The molecule has 0 N–H and O–H groups in total. The fourth-order valence-corrected chi connectivity index (χ4v) is 4.41. The van der Waals surface area contributed by atoms with Gasteiger partial charge in [0.2, 0.25) is 5.91 Å². The highest BCUT2D eigenvalue weighted by Gasteiger charge is 2.39. The van der Waals surface area contributed by atoms with Crippen LogP contribution >= 0.6 is 0 Å². The quantitative estimate of drug-likeness (QED) is 0.768. The molecule has 4 rings (SSSR count). The number of Topliss-reactive ketones (excluding diaryl/α,β-unsaturated/α-hetero) is 1. The Morgan fingerprint density at radius 3 is 2.48 bits per heavy atom. The number of rotatable bonds is 4. The van der Waals surface area contributed by atoms with Gasteiger partial charge in [-0.15, -0.1) is 0 Å². The second-order valence-corrected chi connectivity index (χ2v) is 7.58. The van der Waals surface area contributed by atoms with E-state index in [1.54, 1.807) is 19.1 Å². The van der Waals surface area contributed by atoms with Crippen LogP contribution in [0.4, 0.5) is 5.69 Å². The van der Waals surface area contributed by atoms with Crippen molar-refractivity contribution in [2.75, 3.05) is 19.1 Å². The maximum atomic E-state index is 13.3. The normalized spacial score (nSPS) is 19.3. The fourth-order valence-electron chi connectivity index (χ4n) is 4.41. The van der Waals surface area contributed by atoms with E-state index in [2.05, 4.69) is 0 Å².